The van der Waals surface area contributed by atoms with Gasteiger partial charge in [-0.25, -0.2) is 0 Å². The fraction of sp³-hybridized carbons (Fsp3) is 0.500. The summed E-state index contributed by atoms with van der Waals surface area (Å²) in [6, 6.07) is 8.03. The van der Waals surface area contributed by atoms with Crippen molar-refractivity contribution >= 4 is 5.91 Å². The normalized spacial score (nSPS) is 24.4. The van der Waals surface area contributed by atoms with E-state index in [1.807, 2.05) is 31.2 Å². The van der Waals surface area contributed by atoms with E-state index in [-0.39, 0.29) is 5.91 Å². The van der Waals surface area contributed by atoms with Gasteiger partial charge < -0.3 is 10.6 Å². The van der Waals surface area contributed by atoms with Gasteiger partial charge in [-0.05, 0) is 44.5 Å². The minimum absolute atomic E-state index is 0.0486. The van der Waals surface area contributed by atoms with Gasteiger partial charge >= 0.3 is 0 Å². The molecule has 0 aromatic heterocycles. The highest BCUT2D eigenvalue weighted by molar-refractivity contribution is 5.94. The largest absolute Gasteiger partial charge is 0.349 e. The number of piperidine rings is 1. The second-order valence-electron chi connectivity index (χ2n) is 4.92. The lowest BCUT2D eigenvalue weighted by Gasteiger charge is -2.30. The first kappa shape index (κ1) is 12.1. The van der Waals surface area contributed by atoms with Gasteiger partial charge in [-0.1, -0.05) is 24.6 Å². The van der Waals surface area contributed by atoms with Gasteiger partial charge in [0.05, 0.1) is 0 Å². The summed E-state index contributed by atoms with van der Waals surface area (Å²) in [5, 5.41) is 6.47. The Bertz CT molecular complexity index is 403. The monoisotopic (exact) mass is 232 g/mol. The molecule has 1 heterocycles. The first-order valence-corrected chi connectivity index (χ1v) is 6.25. The van der Waals surface area contributed by atoms with Gasteiger partial charge in [0, 0.05) is 11.6 Å². The Labute approximate surface area is 103 Å². The van der Waals surface area contributed by atoms with Crippen LogP contribution in [0, 0.1) is 12.8 Å². The molecule has 2 unspecified atom stereocenters. The third-order valence-electron chi connectivity index (χ3n) is 3.38. The van der Waals surface area contributed by atoms with Gasteiger partial charge in [0.1, 0.15) is 0 Å². The van der Waals surface area contributed by atoms with Gasteiger partial charge in [-0.3, -0.25) is 4.79 Å². The van der Waals surface area contributed by atoms with Crippen molar-refractivity contribution in [2.75, 3.05) is 13.1 Å². The molecule has 0 saturated carbocycles. The predicted octanol–water partition coefficient (Wildman–Crippen LogP) is 1.72. The Morgan fingerprint density at radius 3 is 3.00 bits per heavy atom. The number of hydrogen-bond acceptors (Lipinski definition) is 2. The van der Waals surface area contributed by atoms with Crippen molar-refractivity contribution in [1.29, 1.82) is 0 Å². The molecule has 3 heteroatoms. The van der Waals surface area contributed by atoms with Crippen LogP contribution in [0.3, 0.4) is 0 Å². The quantitative estimate of drug-likeness (QED) is 0.815. The van der Waals surface area contributed by atoms with E-state index in [0.29, 0.717) is 12.0 Å². The SMILES string of the molecule is Cc1cccc(C(=O)NC2CCNCC2C)c1. The molecule has 17 heavy (non-hydrogen) atoms. The van der Waals surface area contributed by atoms with E-state index in [4.69, 9.17) is 0 Å². The van der Waals surface area contributed by atoms with E-state index in [2.05, 4.69) is 17.6 Å². The molecule has 2 N–H and O–H groups in total. The predicted molar refractivity (Wildman–Crippen MR) is 69.1 cm³/mol. The average Bonchev–Trinajstić information content (AvgIpc) is 2.32. The van der Waals surface area contributed by atoms with Crippen LogP contribution in [-0.2, 0) is 0 Å². The van der Waals surface area contributed by atoms with Gasteiger partial charge in [0.2, 0.25) is 0 Å². The molecule has 1 fully saturated rings. The lowest BCUT2D eigenvalue weighted by Crippen LogP contribution is -2.48. The Hall–Kier alpha value is -1.35. The molecule has 1 aromatic carbocycles. The zero-order valence-corrected chi connectivity index (χ0v) is 10.5. The van der Waals surface area contributed by atoms with Crippen LogP contribution in [0.1, 0.15) is 29.3 Å². The first-order valence-electron chi connectivity index (χ1n) is 6.25. The van der Waals surface area contributed by atoms with Crippen LogP contribution in [0.5, 0.6) is 0 Å². The number of carbonyl (C=O) groups is 1. The van der Waals surface area contributed by atoms with Crippen molar-refractivity contribution < 1.29 is 4.79 Å². The molecule has 92 valence electrons. The van der Waals surface area contributed by atoms with Crippen molar-refractivity contribution in [3.63, 3.8) is 0 Å². The van der Waals surface area contributed by atoms with Crippen molar-refractivity contribution in [3.05, 3.63) is 35.4 Å². The minimum atomic E-state index is 0.0486. The smallest absolute Gasteiger partial charge is 0.251 e. The summed E-state index contributed by atoms with van der Waals surface area (Å²) in [6.45, 7) is 6.15. The molecule has 0 bridgehead atoms. The molecule has 1 saturated heterocycles. The van der Waals surface area contributed by atoms with E-state index in [1.54, 1.807) is 0 Å². The van der Waals surface area contributed by atoms with Gasteiger partial charge in [0.25, 0.3) is 5.91 Å². The molecular weight excluding hydrogens is 212 g/mol. The number of nitrogens with one attached hydrogen (secondary N) is 2. The topological polar surface area (TPSA) is 41.1 Å². The summed E-state index contributed by atoms with van der Waals surface area (Å²) in [5.41, 5.74) is 1.88. The Kier molecular flexibility index (Phi) is 3.79. The van der Waals surface area contributed by atoms with Crippen molar-refractivity contribution in [3.8, 4) is 0 Å². The minimum Gasteiger partial charge on any atom is -0.349 e. The molecule has 2 rings (SSSR count). The number of benzene rings is 1. The summed E-state index contributed by atoms with van der Waals surface area (Å²) < 4.78 is 0. The van der Waals surface area contributed by atoms with Crippen LogP contribution in [0.15, 0.2) is 24.3 Å². The van der Waals surface area contributed by atoms with Crippen molar-refractivity contribution in [2.45, 2.75) is 26.3 Å². The molecule has 1 aliphatic rings. The molecule has 0 radical (unpaired) electrons. The highest BCUT2D eigenvalue weighted by Gasteiger charge is 2.22. The van der Waals surface area contributed by atoms with Crippen LogP contribution in [0.25, 0.3) is 0 Å². The molecule has 1 amide bonds. The maximum atomic E-state index is 12.1. The fourth-order valence-electron chi connectivity index (χ4n) is 2.27. The summed E-state index contributed by atoms with van der Waals surface area (Å²) in [7, 11) is 0. The Morgan fingerprint density at radius 1 is 1.47 bits per heavy atom. The molecule has 0 spiro atoms. The standard InChI is InChI=1S/C14H20N2O/c1-10-4-3-5-12(8-10)14(17)16-13-6-7-15-9-11(13)2/h3-5,8,11,13,15H,6-7,9H2,1-2H3,(H,16,17). The van der Waals surface area contributed by atoms with E-state index < -0.39 is 0 Å². The number of amides is 1. The van der Waals surface area contributed by atoms with Crippen LogP contribution in [-0.4, -0.2) is 25.0 Å². The lowest BCUT2D eigenvalue weighted by molar-refractivity contribution is 0.0914. The molecule has 1 aliphatic heterocycles. The maximum Gasteiger partial charge on any atom is 0.251 e. The highest BCUT2D eigenvalue weighted by Crippen LogP contribution is 2.12. The number of aryl methyl sites for hydroxylation is 1. The molecular formula is C14H20N2O. The van der Waals surface area contributed by atoms with Gasteiger partial charge in [-0.2, -0.15) is 0 Å². The first-order chi connectivity index (χ1) is 8.16. The summed E-state index contributed by atoms with van der Waals surface area (Å²) >= 11 is 0. The second-order valence-corrected chi connectivity index (χ2v) is 4.92. The Morgan fingerprint density at radius 2 is 2.29 bits per heavy atom. The van der Waals surface area contributed by atoms with E-state index in [0.717, 1.165) is 30.6 Å². The van der Waals surface area contributed by atoms with Crippen LogP contribution >= 0.6 is 0 Å². The van der Waals surface area contributed by atoms with Crippen LogP contribution in [0.4, 0.5) is 0 Å². The van der Waals surface area contributed by atoms with Crippen molar-refractivity contribution in [2.24, 2.45) is 5.92 Å². The molecule has 1 aromatic rings. The fourth-order valence-corrected chi connectivity index (χ4v) is 2.27. The van der Waals surface area contributed by atoms with E-state index in [9.17, 15) is 4.79 Å². The second kappa shape index (κ2) is 5.32. The van der Waals surface area contributed by atoms with Gasteiger partial charge in [-0.15, -0.1) is 0 Å². The maximum absolute atomic E-state index is 12.1. The number of rotatable bonds is 2. The molecule has 0 aliphatic carbocycles. The molecule has 3 nitrogen and oxygen atoms in total. The Balaban J connectivity index is 2.01. The lowest BCUT2D eigenvalue weighted by atomic mass is 9.95. The summed E-state index contributed by atoms with van der Waals surface area (Å²) in [6.07, 6.45) is 1.01. The third-order valence-corrected chi connectivity index (χ3v) is 3.38. The highest BCUT2D eigenvalue weighted by atomic mass is 16.1. The van der Waals surface area contributed by atoms with E-state index >= 15 is 0 Å². The number of carbonyl (C=O) groups excluding carboxylic acids is 1. The van der Waals surface area contributed by atoms with E-state index in [1.165, 1.54) is 0 Å². The zero-order chi connectivity index (χ0) is 12.3. The average molecular weight is 232 g/mol. The summed E-state index contributed by atoms with van der Waals surface area (Å²) in [4.78, 5) is 12.1. The van der Waals surface area contributed by atoms with Crippen LogP contribution in [0.2, 0.25) is 0 Å². The van der Waals surface area contributed by atoms with Crippen molar-refractivity contribution in [1.82, 2.24) is 10.6 Å². The summed E-state index contributed by atoms with van der Waals surface area (Å²) in [5.74, 6) is 0.546. The third kappa shape index (κ3) is 3.07. The van der Waals surface area contributed by atoms with Crippen LogP contribution < -0.4 is 10.6 Å². The zero-order valence-electron chi connectivity index (χ0n) is 10.5. The molecule has 2 atom stereocenters. The number of hydrogen-bond donors (Lipinski definition) is 2. The van der Waals surface area contributed by atoms with Gasteiger partial charge in [0.15, 0.2) is 0 Å².